The van der Waals surface area contributed by atoms with Crippen molar-refractivity contribution in [2.24, 2.45) is 0 Å². The quantitative estimate of drug-likeness (QED) is 0.362. The lowest BCUT2D eigenvalue weighted by atomic mass is 10.3. The van der Waals surface area contributed by atoms with E-state index in [0.29, 0.717) is 0 Å². The smallest absolute Gasteiger partial charge is 0.226 e. The maximum atomic E-state index is 11.8. The molecule has 0 aromatic heterocycles. The summed E-state index contributed by atoms with van der Waals surface area (Å²) in [4.78, 5) is 13.9. The third kappa shape index (κ3) is 9.15. The molecule has 1 rings (SSSR count). The summed E-state index contributed by atoms with van der Waals surface area (Å²) < 4.78 is 11.6. The van der Waals surface area contributed by atoms with Crippen LogP contribution in [0.5, 0.6) is 5.75 Å². The molecule has 0 heterocycles. The van der Waals surface area contributed by atoms with Gasteiger partial charge < -0.3 is 9.16 Å². The molecule has 1 atom stereocenters. The largest absolute Gasteiger partial charge is 0.485 e. The van der Waals surface area contributed by atoms with Crippen molar-refractivity contribution in [3.05, 3.63) is 30.3 Å². The second-order valence-corrected chi connectivity index (χ2v) is 11.8. The fourth-order valence-corrected chi connectivity index (χ4v) is 5.21. The summed E-state index contributed by atoms with van der Waals surface area (Å²) in [6, 6.07) is 10.5. The van der Waals surface area contributed by atoms with Gasteiger partial charge in [0.05, 0.1) is 6.23 Å². The summed E-state index contributed by atoms with van der Waals surface area (Å²) in [6.07, 6.45) is 1.14. The summed E-state index contributed by atoms with van der Waals surface area (Å²) in [7, 11) is 2.38. The monoisotopic (exact) mass is 355 g/mol. The molecule has 0 amide bonds. The fourth-order valence-electron chi connectivity index (χ4n) is 2.01. The summed E-state index contributed by atoms with van der Waals surface area (Å²) in [5.74, 6) is 1.56. The van der Waals surface area contributed by atoms with Gasteiger partial charge in [0.2, 0.25) is 5.12 Å². The van der Waals surface area contributed by atoms with Crippen molar-refractivity contribution < 1.29 is 14.0 Å². The maximum absolute atomic E-state index is 11.8. The van der Waals surface area contributed by atoms with Crippen LogP contribution in [0.25, 0.3) is 0 Å². The molecule has 0 fully saturated rings. The van der Waals surface area contributed by atoms with Crippen molar-refractivity contribution in [2.45, 2.75) is 38.7 Å². The Morgan fingerprint density at radius 3 is 2.52 bits per heavy atom. The van der Waals surface area contributed by atoms with Crippen LogP contribution >= 0.6 is 11.8 Å². The lowest BCUT2D eigenvalue weighted by Crippen LogP contribution is -2.40. The van der Waals surface area contributed by atoms with Crippen molar-refractivity contribution in [1.29, 1.82) is 0 Å². The van der Waals surface area contributed by atoms with E-state index in [2.05, 4.69) is 24.9 Å². The number of nitrogens with zero attached hydrogens (tertiary/aromatic N) is 1. The molecule has 0 N–H and O–H groups in total. The molecule has 0 aliphatic carbocycles. The van der Waals surface area contributed by atoms with Gasteiger partial charge in [0, 0.05) is 5.75 Å². The molecule has 130 valence electrons. The second-order valence-electron chi connectivity index (χ2n) is 6.37. The highest BCUT2D eigenvalue weighted by molar-refractivity contribution is 8.13. The Morgan fingerprint density at radius 2 is 1.91 bits per heavy atom. The van der Waals surface area contributed by atoms with Crippen molar-refractivity contribution in [1.82, 2.24) is 4.90 Å². The summed E-state index contributed by atoms with van der Waals surface area (Å²) in [5.41, 5.74) is 0. The van der Waals surface area contributed by atoms with Gasteiger partial charge in [-0.15, -0.1) is 0 Å². The van der Waals surface area contributed by atoms with Crippen LogP contribution in [-0.2, 0) is 9.22 Å². The van der Waals surface area contributed by atoms with Gasteiger partial charge in [0.25, 0.3) is 0 Å². The van der Waals surface area contributed by atoms with Gasteiger partial charge in [-0.25, -0.2) is 0 Å². The number of rotatable bonds is 10. The lowest BCUT2D eigenvalue weighted by molar-refractivity contribution is -0.112. The highest BCUT2D eigenvalue weighted by Gasteiger charge is 2.25. The number of benzene rings is 1. The van der Waals surface area contributed by atoms with E-state index in [4.69, 9.17) is 9.16 Å². The first-order chi connectivity index (χ1) is 10.8. The molecule has 0 saturated carbocycles. The zero-order chi connectivity index (χ0) is 17.3. The molecule has 0 bridgehead atoms. The van der Waals surface area contributed by atoms with Gasteiger partial charge in [-0.05, 0) is 58.7 Å². The molecular weight excluding hydrogens is 326 g/mol. The normalized spacial score (nSPS) is 13.1. The Morgan fingerprint density at radius 1 is 1.26 bits per heavy atom. The van der Waals surface area contributed by atoms with Gasteiger partial charge in [-0.1, -0.05) is 30.0 Å². The van der Waals surface area contributed by atoms with Crippen LogP contribution < -0.4 is 4.74 Å². The Labute approximate surface area is 145 Å². The predicted molar refractivity (Wildman–Crippen MR) is 101 cm³/mol. The number of carbonyl (C=O) groups is 1. The molecule has 23 heavy (non-hydrogen) atoms. The number of hydrogen-bond donors (Lipinski definition) is 0. The molecule has 4 nitrogen and oxygen atoms in total. The van der Waals surface area contributed by atoms with Crippen LogP contribution in [-0.4, -0.2) is 51.0 Å². The third-order valence-electron chi connectivity index (χ3n) is 3.50. The Bertz CT molecular complexity index is 468. The molecule has 1 unspecified atom stereocenters. The number of thioether (sulfide) groups is 1. The molecule has 0 saturated heterocycles. The van der Waals surface area contributed by atoms with Gasteiger partial charge in [0.1, 0.15) is 5.75 Å². The topological polar surface area (TPSA) is 38.8 Å². The molecule has 0 radical (unpaired) electrons. The van der Waals surface area contributed by atoms with Crippen LogP contribution in [0.3, 0.4) is 0 Å². The van der Waals surface area contributed by atoms with Gasteiger partial charge in [0.15, 0.2) is 14.9 Å². The Balaban J connectivity index is 2.17. The minimum absolute atomic E-state index is 0.0795. The molecule has 6 heteroatoms. The first-order valence-corrected chi connectivity index (χ1v) is 12.1. The average Bonchev–Trinajstić information content (AvgIpc) is 2.50. The standard InChI is InChI=1S/C17H29NO3SSi/c1-15(18(2)3)21-23(4,5)13-9-12-22-17(19)14-20-16-10-7-6-8-11-16/h6-8,10-11,15H,9,12-14H2,1-5H3. The average molecular weight is 356 g/mol. The van der Waals surface area contributed by atoms with E-state index in [9.17, 15) is 4.79 Å². The predicted octanol–water partition coefficient (Wildman–Crippen LogP) is 3.84. The van der Waals surface area contributed by atoms with E-state index in [0.717, 1.165) is 24.0 Å². The molecule has 1 aromatic rings. The molecule has 1 aromatic carbocycles. The van der Waals surface area contributed by atoms with Crippen LogP contribution in [0, 0.1) is 0 Å². The van der Waals surface area contributed by atoms with Crippen molar-refractivity contribution in [3.8, 4) is 5.75 Å². The van der Waals surface area contributed by atoms with Crippen LogP contribution in [0.1, 0.15) is 13.3 Å². The van der Waals surface area contributed by atoms with Crippen LogP contribution in [0.2, 0.25) is 19.1 Å². The minimum Gasteiger partial charge on any atom is -0.485 e. The summed E-state index contributed by atoms with van der Waals surface area (Å²) in [6.45, 7) is 6.67. The van der Waals surface area contributed by atoms with Crippen molar-refractivity contribution >= 4 is 25.2 Å². The van der Waals surface area contributed by atoms with Crippen LogP contribution in [0.15, 0.2) is 30.3 Å². The van der Waals surface area contributed by atoms with E-state index < -0.39 is 8.32 Å². The number of hydrogen-bond acceptors (Lipinski definition) is 5. The molecule has 0 spiro atoms. The lowest BCUT2D eigenvalue weighted by Gasteiger charge is -2.30. The zero-order valence-electron chi connectivity index (χ0n) is 14.9. The highest BCUT2D eigenvalue weighted by atomic mass is 32.2. The summed E-state index contributed by atoms with van der Waals surface area (Å²) in [5, 5.41) is 0.0795. The SMILES string of the molecule is CC(O[Si](C)(C)CCCSC(=O)COc1ccccc1)N(C)C. The number of ether oxygens (including phenoxy) is 1. The van der Waals surface area contributed by atoms with Gasteiger partial charge in [-0.3, -0.25) is 9.69 Å². The minimum atomic E-state index is -1.67. The van der Waals surface area contributed by atoms with E-state index in [1.54, 1.807) is 0 Å². The van der Waals surface area contributed by atoms with E-state index >= 15 is 0 Å². The molecular formula is C17H29NO3SSi. The Kier molecular flexibility index (Phi) is 8.90. The molecule has 0 aliphatic heterocycles. The third-order valence-corrected chi connectivity index (χ3v) is 6.97. The second kappa shape index (κ2) is 10.1. The molecule has 0 aliphatic rings. The maximum Gasteiger partial charge on any atom is 0.226 e. The zero-order valence-corrected chi connectivity index (χ0v) is 16.7. The number of carbonyl (C=O) groups excluding carboxylic acids is 1. The van der Waals surface area contributed by atoms with Crippen LogP contribution in [0.4, 0.5) is 0 Å². The van der Waals surface area contributed by atoms with Gasteiger partial charge >= 0.3 is 0 Å². The van der Waals surface area contributed by atoms with Gasteiger partial charge in [-0.2, -0.15) is 0 Å². The first kappa shape index (κ1) is 20.2. The van der Waals surface area contributed by atoms with E-state index in [1.165, 1.54) is 11.8 Å². The highest BCUT2D eigenvalue weighted by Crippen LogP contribution is 2.19. The van der Waals surface area contributed by atoms with E-state index in [1.807, 2.05) is 44.4 Å². The number of para-hydroxylation sites is 1. The van der Waals surface area contributed by atoms with Crippen molar-refractivity contribution in [2.75, 3.05) is 26.5 Å². The summed E-state index contributed by atoms with van der Waals surface area (Å²) >= 11 is 1.35. The Hall–Kier alpha value is -0.823. The fraction of sp³-hybridized carbons (Fsp3) is 0.588. The van der Waals surface area contributed by atoms with Crippen molar-refractivity contribution in [3.63, 3.8) is 0 Å². The van der Waals surface area contributed by atoms with E-state index in [-0.39, 0.29) is 18.0 Å². The first-order valence-electron chi connectivity index (χ1n) is 7.98.